The number of anilines is 1. The van der Waals surface area contributed by atoms with Crippen LogP contribution in [0.1, 0.15) is 0 Å². The molecule has 0 aliphatic carbocycles. The fourth-order valence-electron chi connectivity index (χ4n) is 2.11. The first-order valence-corrected chi connectivity index (χ1v) is 8.02. The van der Waals surface area contributed by atoms with Gasteiger partial charge in [0, 0.05) is 16.5 Å². The summed E-state index contributed by atoms with van der Waals surface area (Å²) < 4.78 is 5.09. The zero-order valence-corrected chi connectivity index (χ0v) is 13.3. The van der Waals surface area contributed by atoms with E-state index in [1.54, 1.807) is 37.6 Å². The number of rotatable bonds is 5. The van der Waals surface area contributed by atoms with Gasteiger partial charge >= 0.3 is 0 Å². The zero-order chi connectivity index (χ0) is 16.1. The number of fused-ring (bicyclic) bond motifs is 1. The molecule has 0 fully saturated rings. The number of ether oxygens (including phenoxy) is 1. The molecule has 1 aromatic heterocycles. The van der Waals surface area contributed by atoms with E-state index in [1.807, 2.05) is 24.3 Å². The van der Waals surface area contributed by atoms with Crippen molar-refractivity contribution in [3.8, 4) is 5.75 Å². The van der Waals surface area contributed by atoms with Crippen LogP contribution in [-0.2, 0) is 4.79 Å². The molecule has 0 aliphatic rings. The second-order valence-corrected chi connectivity index (χ2v) is 5.77. The number of carbonyl (C=O) groups excluding carboxylic acids is 1. The minimum absolute atomic E-state index is 0.0881. The van der Waals surface area contributed by atoms with Crippen LogP contribution in [0.15, 0.2) is 59.8 Å². The van der Waals surface area contributed by atoms with Crippen molar-refractivity contribution in [3.05, 3.63) is 54.7 Å². The van der Waals surface area contributed by atoms with Crippen molar-refractivity contribution in [1.82, 2.24) is 10.2 Å². The highest BCUT2D eigenvalue weighted by atomic mass is 32.2. The predicted molar refractivity (Wildman–Crippen MR) is 91.9 cm³/mol. The Hall–Kier alpha value is -2.60. The highest BCUT2D eigenvalue weighted by molar-refractivity contribution is 8.00. The standard InChI is InChI=1S/C17H15N3O2S/c1-22-14-8-6-13(7-9-14)19-16(21)11-23-17-15-5-3-2-4-12(15)10-18-20-17/h2-10H,11H2,1H3,(H,19,21). The van der Waals surface area contributed by atoms with Crippen LogP contribution in [0, 0.1) is 0 Å². The summed E-state index contributed by atoms with van der Waals surface area (Å²) >= 11 is 1.37. The van der Waals surface area contributed by atoms with Gasteiger partial charge < -0.3 is 10.1 Å². The molecule has 1 amide bonds. The Morgan fingerprint density at radius 2 is 1.96 bits per heavy atom. The molecular formula is C17H15N3O2S. The number of nitrogens with one attached hydrogen (secondary N) is 1. The quantitative estimate of drug-likeness (QED) is 0.729. The molecule has 0 radical (unpaired) electrons. The maximum atomic E-state index is 12.1. The van der Waals surface area contributed by atoms with Crippen molar-refractivity contribution in [2.45, 2.75) is 5.03 Å². The Labute approximate surface area is 138 Å². The molecule has 2 aromatic carbocycles. The van der Waals surface area contributed by atoms with Gasteiger partial charge in [-0.3, -0.25) is 4.79 Å². The van der Waals surface area contributed by atoms with Crippen LogP contribution in [-0.4, -0.2) is 29.0 Å². The molecule has 6 heteroatoms. The summed E-state index contributed by atoms with van der Waals surface area (Å²) in [6.45, 7) is 0. The minimum atomic E-state index is -0.0881. The third kappa shape index (κ3) is 3.78. The molecule has 0 unspecified atom stereocenters. The van der Waals surface area contributed by atoms with E-state index in [1.165, 1.54) is 11.8 Å². The molecule has 1 N–H and O–H groups in total. The third-order valence-electron chi connectivity index (χ3n) is 3.25. The van der Waals surface area contributed by atoms with Gasteiger partial charge in [0.15, 0.2) is 0 Å². The van der Waals surface area contributed by atoms with E-state index in [0.29, 0.717) is 0 Å². The third-order valence-corrected chi connectivity index (χ3v) is 4.23. The fraction of sp³-hybridized carbons (Fsp3) is 0.118. The summed E-state index contributed by atoms with van der Waals surface area (Å²) in [4.78, 5) is 12.1. The van der Waals surface area contributed by atoms with Crippen LogP contribution in [0.4, 0.5) is 5.69 Å². The lowest BCUT2D eigenvalue weighted by Gasteiger charge is -2.07. The smallest absolute Gasteiger partial charge is 0.234 e. The highest BCUT2D eigenvalue weighted by Gasteiger charge is 2.08. The van der Waals surface area contributed by atoms with Crippen LogP contribution < -0.4 is 10.1 Å². The van der Waals surface area contributed by atoms with Crippen molar-refractivity contribution in [1.29, 1.82) is 0 Å². The minimum Gasteiger partial charge on any atom is -0.497 e. The van der Waals surface area contributed by atoms with E-state index >= 15 is 0 Å². The Bertz CT molecular complexity index is 816. The molecule has 3 rings (SSSR count). The van der Waals surface area contributed by atoms with Crippen LogP contribution in [0.25, 0.3) is 10.8 Å². The maximum absolute atomic E-state index is 12.1. The number of carbonyl (C=O) groups is 1. The molecule has 0 bridgehead atoms. The number of thioether (sulfide) groups is 1. The van der Waals surface area contributed by atoms with Gasteiger partial charge in [-0.25, -0.2) is 0 Å². The van der Waals surface area contributed by atoms with E-state index in [2.05, 4.69) is 15.5 Å². The average molecular weight is 325 g/mol. The van der Waals surface area contributed by atoms with Crippen LogP contribution in [0.2, 0.25) is 0 Å². The van der Waals surface area contributed by atoms with Crippen molar-refractivity contribution in [3.63, 3.8) is 0 Å². The Balaban J connectivity index is 1.63. The van der Waals surface area contributed by atoms with Crippen LogP contribution in [0.5, 0.6) is 5.75 Å². The predicted octanol–water partition coefficient (Wildman–Crippen LogP) is 3.37. The molecule has 3 aromatic rings. The maximum Gasteiger partial charge on any atom is 0.234 e. The Morgan fingerprint density at radius 1 is 1.17 bits per heavy atom. The van der Waals surface area contributed by atoms with Gasteiger partial charge in [-0.2, -0.15) is 5.10 Å². The topological polar surface area (TPSA) is 64.1 Å². The van der Waals surface area contributed by atoms with Gasteiger partial charge in [-0.15, -0.1) is 5.10 Å². The fourth-order valence-corrected chi connectivity index (χ4v) is 2.90. The van der Waals surface area contributed by atoms with Gasteiger partial charge in [0.05, 0.1) is 19.1 Å². The number of methoxy groups -OCH3 is 1. The van der Waals surface area contributed by atoms with Gasteiger partial charge in [0.25, 0.3) is 0 Å². The first kappa shape index (κ1) is 15.3. The summed E-state index contributed by atoms with van der Waals surface area (Å²) in [6.07, 6.45) is 1.72. The number of hydrogen-bond donors (Lipinski definition) is 1. The lowest BCUT2D eigenvalue weighted by atomic mass is 10.2. The van der Waals surface area contributed by atoms with Crippen LogP contribution in [0.3, 0.4) is 0 Å². The van der Waals surface area contributed by atoms with E-state index in [-0.39, 0.29) is 11.7 Å². The monoisotopic (exact) mass is 325 g/mol. The summed E-state index contributed by atoms with van der Waals surface area (Å²) in [5.74, 6) is 0.938. The van der Waals surface area contributed by atoms with Gasteiger partial charge in [0.2, 0.25) is 5.91 Å². The number of aromatic nitrogens is 2. The highest BCUT2D eigenvalue weighted by Crippen LogP contribution is 2.24. The summed E-state index contributed by atoms with van der Waals surface area (Å²) in [5.41, 5.74) is 0.736. The summed E-state index contributed by atoms with van der Waals surface area (Å²) in [5, 5.41) is 13.7. The second kappa shape index (κ2) is 7.11. The van der Waals surface area contributed by atoms with E-state index in [4.69, 9.17) is 4.74 Å². The van der Waals surface area contributed by atoms with Gasteiger partial charge in [-0.1, -0.05) is 36.0 Å². The molecule has 0 saturated heterocycles. The molecule has 116 valence electrons. The molecule has 0 spiro atoms. The summed E-state index contributed by atoms with van der Waals surface area (Å²) in [6, 6.07) is 15.1. The molecule has 0 saturated carbocycles. The van der Waals surface area contributed by atoms with Gasteiger partial charge in [-0.05, 0) is 24.3 Å². The van der Waals surface area contributed by atoms with Crippen LogP contribution >= 0.6 is 11.8 Å². The normalized spacial score (nSPS) is 10.5. The SMILES string of the molecule is COc1ccc(NC(=O)CSc2nncc3ccccc23)cc1. The average Bonchev–Trinajstić information content (AvgIpc) is 2.60. The lowest BCUT2D eigenvalue weighted by molar-refractivity contribution is -0.113. The molecule has 1 heterocycles. The molecule has 0 aliphatic heterocycles. The number of amides is 1. The molecule has 23 heavy (non-hydrogen) atoms. The van der Waals surface area contributed by atoms with Crippen molar-refractivity contribution >= 4 is 34.1 Å². The first-order chi connectivity index (χ1) is 11.3. The van der Waals surface area contributed by atoms with Crippen molar-refractivity contribution < 1.29 is 9.53 Å². The molecule has 5 nitrogen and oxygen atoms in total. The van der Waals surface area contributed by atoms with Gasteiger partial charge in [0.1, 0.15) is 10.8 Å². The van der Waals surface area contributed by atoms with E-state index < -0.39 is 0 Å². The second-order valence-electron chi connectivity index (χ2n) is 4.80. The molecule has 0 atom stereocenters. The zero-order valence-electron chi connectivity index (χ0n) is 12.5. The Kier molecular flexibility index (Phi) is 4.73. The van der Waals surface area contributed by atoms with Crippen molar-refractivity contribution in [2.24, 2.45) is 0 Å². The lowest BCUT2D eigenvalue weighted by Crippen LogP contribution is -2.14. The number of hydrogen-bond acceptors (Lipinski definition) is 5. The van der Waals surface area contributed by atoms with Crippen molar-refractivity contribution in [2.75, 3.05) is 18.2 Å². The number of nitrogens with zero attached hydrogens (tertiary/aromatic N) is 2. The van der Waals surface area contributed by atoms with E-state index in [0.717, 1.165) is 27.2 Å². The number of benzene rings is 2. The Morgan fingerprint density at radius 3 is 2.74 bits per heavy atom. The first-order valence-electron chi connectivity index (χ1n) is 7.03. The summed E-state index contributed by atoms with van der Waals surface area (Å²) in [7, 11) is 1.61. The van der Waals surface area contributed by atoms with E-state index in [9.17, 15) is 4.79 Å². The largest absolute Gasteiger partial charge is 0.497 e. The molecular weight excluding hydrogens is 310 g/mol.